The molecule has 1 unspecified atom stereocenters. The van der Waals surface area contributed by atoms with Crippen LogP contribution in [0.4, 0.5) is 0 Å². The van der Waals surface area contributed by atoms with E-state index >= 15 is 0 Å². The molecule has 19 heavy (non-hydrogen) atoms. The largest absolute Gasteiger partial charge is 0.419 e. The maximum absolute atomic E-state index is 11.5. The van der Waals surface area contributed by atoms with E-state index in [2.05, 4.69) is 5.32 Å². The number of benzene rings is 1. The standard InChI is InChI=1S/C13H17N3O3/c1-8(14)5-12(17)15-7-9-3-4-11-10(6-9)16(2)13(18)19-11/h3-4,6,8H,5,7,14H2,1-2H3,(H,15,17). The van der Waals surface area contributed by atoms with E-state index in [-0.39, 0.29) is 11.9 Å². The number of rotatable bonds is 4. The highest BCUT2D eigenvalue weighted by molar-refractivity contribution is 5.77. The van der Waals surface area contributed by atoms with Gasteiger partial charge < -0.3 is 15.5 Å². The van der Waals surface area contributed by atoms with Crippen molar-refractivity contribution in [2.24, 2.45) is 12.8 Å². The normalized spacial score (nSPS) is 12.6. The molecule has 1 aromatic carbocycles. The van der Waals surface area contributed by atoms with E-state index in [4.69, 9.17) is 10.2 Å². The third-order valence-electron chi connectivity index (χ3n) is 2.85. The average molecular weight is 263 g/mol. The minimum atomic E-state index is -0.395. The fourth-order valence-corrected chi connectivity index (χ4v) is 1.85. The molecule has 0 bridgehead atoms. The molecule has 0 aliphatic rings. The first-order valence-corrected chi connectivity index (χ1v) is 6.08. The molecule has 0 spiro atoms. The molecule has 2 aromatic rings. The molecule has 0 saturated carbocycles. The van der Waals surface area contributed by atoms with Gasteiger partial charge >= 0.3 is 5.76 Å². The summed E-state index contributed by atoms with van der Waals surface area (Å²) < 4.78 is 6.47. The van der Waals surface area contributed by atoms with Gasteiger partial charge in [-0.05, 0) is 24.6 Å². The summed E-state index contributed by atoms with van der Waals surface area (Å²) in [4.78, 5) is 22.8. The molecule has 102 valence electrons. The number of hydrogen-bond donors (Lipinski definition) is 2. The van der Waals surface area contributed by atoms with Crippen molar-refractivity contribution in [3.05, 3.63) is 34.3 Å². The second-order valence-corrected chi connectivity index (χ2v) is 4.69. The van der Waals surface area contributed by atoms with Gasteiger partial charge in [-0.25, -0.2) is 4.79 Å². The quantitative estimate of drug-likeness (QED) is 0.839. The fraction of sp³-hybridized carbons (Fsp3) is 0.385. The lowest BCUT2D eigenvalue weighted by molar-refractivity contribution is -0.121. The number of aromatic nitrogens is 1. The molecular formula is C13H17N3O3. The Labute approximate surface area is 110 Å². The Morgan fingerprint density at radius 1 is 1.53 bits per heavy atom. The van der Waals surface area contributed by atoms with Crippen LogP contribution in [0.2, 0.25) is 0 Å². The molecule has 0 saturated heterocycles. The Bertz CT molecular complexity index is 655. The summed E-state index contributed by atoms with van der Waals surface area (Å²) in [6.45, 7) is 2.19. The molecule has 1 aromatic heterocycles. The summed E-state index contributed by atoms with van der Waals surface area (Å²) in [5, 5.41) is 2.78. The molecule has 6 heteroatoms. The Morgan fingerprint density at radius 2 is 2.26 bits per heavy atom. The third-order valence-corrected chi connectivity index (χ3v) is 2.85. The van der Waals surface area contributed by atoms with Crippen molar-refractivity contribution >= 4 is 17.0 Å². The summed E-state index contributed by atoms with van der Waals surface area (Å²) in [5.74, 6) is -0.482. The maximum atomic E-state index is 11.5. The van der Waals surface area contributed by atoms with Crippen LogP contribution in [0.3, 0.4) is 0 Å². The van der Waals surface area contributed by atoms with E-state index in [9.17, 15) is 9.59 Å². The number of oxazole rings is 1. The predicted octanol–water partition coefficient (Wildman–Crippen LogP) is 0.485. The van der Waals surface area contributed by atoms with Crippen LogP contribution < -0.4 is 16.8 Å². The number of carbonyl (C=O) groups excluding carboxylic acids is 1. The van der Waals surface area contributed by atoms with Gasteiger partial charge in [-0.15, -0.1) is 0 Å². The first-order chi connectivity index (χ1) is 8.97. The number of nitrogens with one attached hydrogen (secondary N) is 1. The fourth-order valence-electron chi connectivity index (χ4n) is 1.85. The highest BCUT2D eigenvalue weighted by Gasteiger charge is 2.08. The minimum absolute atomic E-state index is 0.0869. The molecule has 0 fully saturated rings. The third kappa shape index (κ3) is 3.03. The molecule has 3 N–H and O–H groups in total. The summed E-state index contributed by atoms with van der Waals surface area (Å²) in [7, 11) is 1.65. The number of aryl methyl sites for hydroxylation is 1. The van der Waals surface area contributed by atoms with Gasteiger partial charge in [0.2, 0.25) is 5.91 Å². The number of nitrogens with zero attached hydrogens (tertiary/aromatic N) is 1. The van der Waals surface area contributed by atoms with Crippen molar-refractivity contribution in [3.63, 3.8) is 0 Å². The van der Waals surface area contributed by atoms with Gasteiger partial charge in [0, 0.05) is 26.1 Å². The molecule has 0 aliphatic carbocycles. The van der Waals surface area contributed by atoms with Crippen LogP contribution in [0.15, 0.2) is 27.4 Å². The SMILES string of the molecule is CC(N)CC(=O)NCc1ccc2oc(=O)n(C)c2c1. The first kappa shape index (κ1) is 13.4. The molecule has 0 radical (unpaired) electrons. The molecule has 6 nitrogen and oxygen atoms in total. The Hall–Kier alpha value is -2.08. The van der Waals surface area contributed by atoms with Gasteiger partial charge in [0.25, 0.3) is 0 Å². The molecule has 0 aliphatic heterocycles. The second kappa shape index (κ2) is 5.27. The van der Waals surface area contributed by atoms with E-state index in [1.54, 1.807) is 20.0 Å². The van der Waals surface area contributed by atoms with Gasteiger partial charge in [0.1, 0.15) is 0 Å². The summed E-state index contributed by atoms with van der Waals surface area (Å²) in [6, 6.07) is 5.21. The summed E-state index contributed by atoms with van der Waals surface area (Å²) in [6.07, 6.45) is 0.298. The molecular weight excluding hydrogens is 246 g/mol. The highest BCUT2D eigenvalue weighted by atomic mass is 16.4. The topological polar surface area (TPSA) is 90.3 Å². The lowest BCUT2D eigenvalue weighted by Crippen LogP contribution is -2.29. The van der Waals surface area contributed by atoms with Gasteiger partial charge in [-0.1, -0.05) is 6.07 Å². The Morgan fingerprint density at radius 3 is 2.95 bits per heavy atom. The lowest BCUT2D eigenvalue weighted by atomic mass is 10.2. The van der Waals surface area contributed by atoms with Crippen molar-refractivity contribution in [1.82, 2.24) is 9.88 Å². The van der Waals surface area contributed by atoms with Gasteiger partial charge in [-0.2, -0.15) is 0 Å². The van der Waals surface area contributed by atoms with E-state index in [1.165, 1.54) is 4.57 Å². The smallest absolute Gasteiger partial charge is 0.408 e. The summed E-state index contributed by atoms with van der Waals surface area (Å²) >= 11 is 0. The number of amides is 1. The van der Waals surface area contributed by atoms with Crippen molar-refractivity contribution in [2.45, 2.75) is 25.9 Å². The number of nitrogens with two attached hydrogens (primary N) is 1. The molecule has 1 atom stereocenters. The van der Waals surface area contributed by atoms with Crippen LogP contribution in [-0.2, 0) is 18.4 Å². The van der Waals surface area contributed by atoms with Crippen molar-refractivity contribution < 1.29 is 9.21 Å². The van der Waals surface area contributed by atoms with Gasteiger partial charge in [-0.3, -0.25) is 9.36 Å². The van der Waals surface area contributed by atoms with Crippen LogP contribution in [-0.4, -0.2) is 16.5 Å². The number of hydrogen-bond acceptors (Lipinski definition) is 4. The van der Waals surface area contributed by atoms with Crippen molar-refractivity contribution in [1.29, 1.82) is 0 Å². The molecule has 2 rings (SSSR count). The van der Waals surface area contributed by atoms with E-state index in [1.807, 2.05) is 12.1 Å². The average Bonchev–Trinajstić information content (AvgIpc) is 2.62. The molecule has 1 heterocycles. The zero-order valence-corrected chi connectivity index (χ0v) is 11.0. The zero-order valence-electron chi connectivity index (χ0n) is 11.0. The molecule has 1 amide bonds. The monoisotopic (exact) mass is 263 g/mol. The second-order valence-electron chi connectivity index (χ2n) is 4.69. The van der Waals surface area contributed by atoms with Crippen molar-refractivity contribution in [3.8, 4) is 0 Å². The van der Waals surface area contributed by atoms with Crippen LogP contribution in [0.5, 0.6) is 0 Å². The first-order valence-electron chi connectivity index (χ1n) is 6.08. The van der Waals surface area contributed by atoms with Crippen LogP contribution in [0.1, 0.15) is 18.9 Å². The predicted molar refractivity (Wildman–Crippen MR) is 71.6 cm³/mol. The zero-order chi connectivity index (χ0) is 14.0. The lowest BCUT2D eigenvalue weighted by Gasteiger charge is -2.07. The van der Waals surface area contributed by atoms with E-state index in [0.29, 0.717) is 24.1 Å². The van der Waals surface area contributed by atoms with E-state index < -0.39 is 5.76 Å². The Balaban J connectivity index is 2.11. The minimum Gasteiger partial charge on any atom is -0.408 e. The van der Waals surface area contributed by atoms with Crippen LogP contribution in [0, 0.1) is 0 Å². The van der Waals surface area contributed by atoms with E-state index in [0.717, 1.165) is 5.56 Å². The highest BCUT2D eigenvalue weighted by Crippen LogP contribution is 2.14. The number of carbonyl (C=O) groups is 1. The summed E-state index contributed by atoms with van der Waals surface area (Å²) in [5.41, 5.74) is 7.70. The number of fused-ring (bicyclic) bond motifs is 1. The Kier molecular flexibility index (Phi) is 3.71. The van der Waals surface area contributed by atoms with Crippen LogP contribution >= 0.6 is 0 Å². The van der Waals surface area contributed by atoms with Crippen LogP contribution in [0.25, 0.3) is 11.1 Å². The van der Waals surface area contributed by atoms with Gasteiger partial charge in [0.15, 0.2) is 5.58 Å². The maximum Gasteiger partial charge on any atom is 0.419 e. The van der Waals surface area contributed by atoms with Gasteiger partial charge in [0.05, 0.1) is 5.52 Å². The van der Waals surface area contributed by atoms with Crippen molar-refractivity contribution in [2.75, 3.05) is 0 Å².